The molecule has 168 valence electrons. The Balaban J connectivity index is 1.57. The second-order valence-electron chi connectivity index (χ2n) is 8.07. The van der Waals surface area contributed by atoms with Crippen LogP contribution in [0.15, 0.2) is 41.3 Å². The topological polar surface area (TPSA) is 104 Å². The number of aromatic nitrogens is 3. The molecule has 0 spiro atoms. The van der Waals surface area contributed by atoms with Crippen LogP contribution < -0.4 is 5.69 Å². The molecule has 1 aromatic carbocycles. The number of rotatable bonds is 2. The summed E-state index contributed by atoms with van der Waals surface area (Å²) in [6.45, 7) is 1.69. The minimum absolute atomic E-state index is 0.0523. The number of nitriles is 1. The van der Waals surface area contributed by atoms with E-state index >= 15 is 0 Å². The third kappa shape index (κ3) is 2.94. The molecule has 0 aliphatic carbocycles. The lowest BCUT2D eigenvalue weighted by molar-refractivity contribution is -0.138. The number of alkyl halides is 3. The summed E-state index contributed by atoms with van der Waals surface area (Å²) in [5.74, 6) is -1.21. The van der Waals surface area contributed by atoms with Crippen molar-refractivity contribution in [2.75, 3.05) is 6.54 Å². The van der Waals surface area contributed by atoms with Gasteiger partial charge in [-0.3, -0.25) is 9.36 Å². The SMILES string of the molecule is Cc1cc(-n2c(O)c3n(c2=O)C2CC3N(C(=O)c3ccccc3C(F)(F)F)C2)cnc1C#N. The second-order valence-corrected chi connectivity index (χ2v) is 8.07. The molecule has 4 heterocycles. The van der Waals surface area contributed by atoms with Crippen molar-refractivity contribution in [1.82, 2.24) is 19.0 Å². The van der Waals surface area contributed by atoms with Gasteiger partial charge < -0.3 is 10.0 Å². The quantitative estimate of drug-likeness (QED) is 0.640. The van der Waals surface area contributed by atoms with Gasteiger partial charge in [-0.05, 0) is 37.1 Å². The summed E-state index contributed by atoms with van der Waals surface area (Å²) < 4.78 is 42.7. The number of fused-ring (bicyclic) bond motifs is 5. The first-order valence-corrected chi connectivity index (χ1v) is 10.0. The maximum Gasteiger partial charge on any atom is 0.417 e. The highest BCUT2D eigenvalue weighted by Crippen LogP contribution is 2.49. The maximum atomic E-state index is 13.4. The molecule has 8 nitrogen and oxygen atoms in total. The van der Waals surface area contributed by atoms with Crippen molar-refractivity contribution < 1.29 is 23.1 Å². The van der Waals surface area contributed by atoms with Crippen molar-refractivity contribution in [2.24, 2.45) is 0 Å². The van der Waals surface area contributed by atoms with Crippen LogP contribution in [0.4, 0.5) is 13.2 Å². The summed E-state index contributed by atoms with van der Waals surface area (Å²) in [6.07, 6.45) is -3.09. The molecule has 2 atom stereocenters. The van der Waals surface area contributed by atoms with E-state index in [1.807, 2.05) is 6.07 Å². The molecule has 2 aliphatic heterocycles. The number of carbonyl (C=O) groups excluding carboxylic acids is 1. The highest BCUT2D eigenvalue weighted by atomic mass is 19.4. The fourth-order valence-corrected chi connectivity index (χ4v) is 4.77. The number of imidazole rings is 1. The summed E-state index contributed by atoms with van der Waals surface area (Å²) in [5, 5.41) is 20.0. The predicted octanol–water partition coefficient (Wildman–Crippen LogP) is 3.08. The molecule has 33 heavy (non-hydrogen) atoms. The molecule has 2 aromatic heterocycles. The Labute approximate surface area is 184 Å². The number of pyridine rings is 1. The van der Waals surface area contributed by atoms with E-state index in [2.05, 4.69) is 4.98 Å². The van der Waals surface area contributed by atoms with Gasteiger partial charge in [0.1, 0.15) is 17.5 Å². The third-order valence-corrected chi connectivity index (χ3v) is 6.21. The number of hydrogen-bond acceptors (Lipinski definition) is 5. The van der Waals surface area contributed by atoms with E-state index in [0.717, 1.165) is 16.7 Å². The summed E-state index contributed by atoms with van der Waals surface area (Å²) in [6, 6.07) is 6.80. The van der Waals surface area contributed by atoms with Crippen LogP contribution in [0.3, 0.4) is 0 Å². The minimum atomic E-state index is -4.70. The Morgan fingerprint density at radius 2 is 2.03 bits per heavy atom. The first kappa shape index (κ1) is 20.8. The molecule has 2 bridgehead atoms. The van der Waals surface area contributed by atoms with E-state index in [4.69, 9.17) is 5.26 Å². The normalized spacial score (nSPS) is 18.9. The van der Waals surface area contributed by atoms with E-state index in [1.165, 1.54) is 33.9 Å². The lowest BCUT2D eigenvalue weighted by Crippen LogP contribution is -2.38. The fraction of sp³-hybridized carbons (Fsp3) is 0.273. The summed E-state index contributed by atoms with van der Waals surface area (Å²) in [4.78, 5) is 31.5. The Morgan fingerprint density at radius 1 is 1.30 bits per heavy atom. The van der Waals surface area contributed by atoms with Crippen molar-refractivity contribution in [3.63, 3.8) is 0 Å². The monoisotopic (exact) mass is 455 g/mol. The molecule has 0 saturated carbocycles. The van der Waals surface area contributed by atoms with Gasteiger partial charge in [-0.1, -0.05) is 12.1 Å². The zero-order valence-electron chi connectivity index (χ0n) is 17.2. The zero-order chi connectivity index (χ0) is 23.7. The molecule has 1 fully saturated rings. The molecule has 1 amide bonds. The molecule has 3 aromatic rings. The Bertz CT molecular complexity index is 1420. The van der Waals surface area contributed by atoms with Gasteiger partial charge in [-0.25, -0.2) is 14.3 Å². The van der Waals surface area contributed by atoms with Crippen LogP contribution in [0.2, 0.25) is 0 Å². The largest absolute Gasteiger partial charge is 0.493 e. The van der Waals surface area contributed by atoms with Crippen molar-refractivity contribution in [3.05, 3.63) is 75.1 Å². The Hall–Kier alpha value is -4.07. The van der Waals surface area contributed by atoms with Gasteiger partial charge in [0.2, 0.25) is 5.88 Å². The van der Waals surface area contributed by atoms with E-state index in [1.54, 1.807) is 6.92 Å². The van der Waals surface area contributed by atoms with Gasteiger partial charge >= 0.3 is 11.9 Å². The minimum Gasteiger partial charge on any atom is -0.493 e. The number of benzene rings is 1. The van der Waals surface area contributed by atoms with E-state index < -0.39 is 46.9 Å². The highest BCUT2D eigenvalue weighted by molar-refractivity contribution is 5.96. The lowest BCUT2D eigenvalue weighted by Gasteiger charge is -2.28. The number of aryl methyl sites for hydroxylation is 1. The fourth-order valence-electron chi connectivity index (χ4n) is 4.77. The maximum absolute atomic E-state index is 13.4. The van der Waals surface area contributed by atoms with Crippen molar-refractivity contribution in [3.8, 4) is 17.6 Å². The molecule has 2 aliphatic rings. The molecule has 2 unspecified atom stereocenters. The number of likely N-dealkylation sites (tertiary alicyclic amines) is 1. The molecule has 5 rings (SSSR count). The van der Waals surface area contributed by atoms with Crippen LogP contribution in [0, 0.1) is 18.3 Å². The van der Waals surface area contributed by atoms with Gasteiger partial charge in [0.25, 0.3) is 5.91 Å². The number of nitrogens with zero attached hydrogens (tertiary/aromatic N) is 5. The summed E-state index contributed by atoms with van der Waals surface area (Å²) in [7, 11) is 0. The highest BCUT2D eigenvalue weighted by Gasteiger charge is 2.50. The average molecular weight is 455 g/mol. The molecular formula is C22H16F3N5O3. The van der Waals surface area contributed by atoms with Crippen molar-refractivity contribution in [1.29, 1.82) is 5.26 Å². The molecule has 11 heteroatoms. The number of aromatic hydroxyl groups is 1. The van der Waals surface area contributed by atoms with E-state index in [0.29, 0.717) is 12.0 Å². The van der Waals surface area contributed by atoms with Crippen LogP contribution in [-0.2, 0) is 6.18 Å². The van der Waals surface area contributed by atoms with Crippen LogP contribution in [0.5, 0.6) is 5.88 Å². The smallest absolute Gasteiger partial charge is 0.417 e. The van der Waals surface area contributed by atoms with Crippen LogP contribution in [-0.4, -0.2) is 36.6 Å². The lowest BCUT2D eigenvalue weighted by atomic mass is 10.0. The molecular weight excluding hydrogens is 439 g/mol. The summed E-state index contributed by atoms with van der Waals surface area (Å²) in [5.41, 5.74) is -0.932. The standard InChI is InChI=1S/C22H16F3N5O3/c1-11-6-12(9-27-16(11)8-26)30-20(32)18-17-7-13(29(18)21(30)33)10-28(17)19(31)14-4-2-3-5-15(14)22(23,24)25/h2-6,9,13,17,32H,7,10H2,1H3. The van der Waals surface area contributed by atoms with Gasteiger partial charge in [0.05, 0.1) is 35.1 Å². The molecule has 1 N–H and O–H groups in total. The number of hydrogen-bond donors (Lipinski definition) is 1. The Kier molecular flexibility index (Phi) is 4.39. The zero-order valence-corrected chi connectivity index (χ0v) is 17.2. The summed E-state index contributed by atoms with van der Waals surface area (Å²) >= 11 is 0. The van der Waals surface area contributed by atoms with Gasteiger partial charge in [0, 0.05) is 6.54 Å². The number of amides is 1. The number of carbonyl (C=O) groups is 1. The Morgan fingerprint density at radius 3 is 2.70 bits per heavy atom. The third-order valence-electron chi connectivity index (χ3n) is 6.21. The van der Waals surface area contributed by atoms with E-state index in [-0.39, 0.29) is 23.6 Å². The second kappa shape index (κ2) is 6.96. The van der Waals surface area contributed by atoms with Crippen molar-refractivity contribution in [2.45, 2.75) is 31.6 Å². The van der Waals surface area contributed by atoms with Crippen LogP contribution in [0.25, 0.3) is 5.69 Å². The first-order chi connectivity index (χ1) is 15.6. The van der Waals surface area contributed by atoms with Crippen molar-refractivity contribution >= 4 is 5.91 Å². The molecule has 0 radical (unpaired) electrons. The van der Waals surface area contributed by atoms with Crippen LogP contribution in [0.1, 0.15) is 51.4 Å². The van der Waals surface area contributed by atoms with Gasteiger partial charge in [-0.15, -0.1) is 0 Å². The number of halogens is 3. The first-order valence-electron chi connectivity index (χ1n) is 10.0. The molecule has 1 saturated heterocycles. The van der Waals surface area contributed by atoms with Crippen LogP contribution >= 0.6 is 0 Å². The van der Waals surface area contributed by atoms with E-state index in [9.17, 15) is 27.9 Å². The van der Waals surface area contributed by atoms with Gasteiger partial charge in [0.15, 0.2) is 0 Å². The predicted molar refractivity (Wildman–Crippen MR) is 108 cm³/mol. The van der Waals surface area contributed by atoms with Gasteiger partial charge in [-0.2, -0.15) is 18.4 Å². The average Bonchev–Trinajstić information content (AvgIpc) is 3.44.